The fourth-order valence-electron chi connectivity index (χ4n) is 2.43. The Labute approximate surface area is 138 Å². The molecule has 3 aromatic rings. The topological polar surface area (TPSA) is 65.7 Å². The Kier molecular flexibility index (Phi) is 4.33. The second-order valence-electron chi connectivity index (χ2n) is 5.15. The van der Waals surface area contributed by atoms with Crippen molar-refractivity contribution in [2.75, 3.05) is 13.7 Å². The summed E-state index contributed by atoms with van der Waals surface area (Å²) in [7, 11) is 1.61. The Bertz CT molecular complexity index is 938. The fourth-order valence-corrected chi connectivity index (χ4v) is 2.43. The molecule has 1 aromatic heterocycles. The molecular weight excluding hydrogens is 308 g/mol. The van der Waals surface area contributed by atoms with Crippen molar-refractivity contribution in [3.8, 4) is 16.9 Å². The highest BCUT2D eigenvalue weighted by Gasteiger charge is 2.15. The van der Waals surface area contributed by atoms with Gasteiger partial charge < -0.3 is 13.9 Å². The van der Waals surface area contributed by atoms with Crippen molar-refractivity contribution in [1.29, 1.82) is 0 Å². The second kappa shape index (κ2) is 6.58. The van der Waals surface area contributed by atoms with E-state index >= 15 is 0 Å². The van der Waals surface area contributed by atoms with Crippen molar-refractivity contribution < 1.29 is 18.7 Å². The fraction of sp³-hybridized carbons (Fsp3) is 0.158. The quantitative estimate of drug-likeness (QED) is 0.541. The highest BCUT2D eigenvalue weighted by Crippen LogP contribution is 2.26. The van der Waals surface area contributed by atoms with E-state index in [9.17, 15) is 9.59 Å². The van der Waals surface area contributed by atoms with Crippen LogP contribution in [0, 0.1) is 0 Å². The van der Waals surface area contributed by atoms with E-state index in [0.29, 0.717) is 11.0 Å². The van der Waals surface area contributed by atoms with Gasteiger partial charge >= 0.3 is 11.6 Å². The summed E-state index contributed by atoms with van der Waals surface area (Å²) in [5.74, 6) is 0.0949. The van der Waals surface area contributed by atoms with Crippen LogP contribution in [0.2, 0.25) is 0 Å². The zero-order valence-electron chi connectivity index (χ0n) is 13.4. The lowest BCUT2D eigenvalue weighted by atomic mass is 10.0. The summed E-state index contributed by atoms with van der Waals surface area (Å²) in [6.45, 7) is 1.88. The summed E-state index contributed by atoms with van der Waals surface area (Å²) in [5, 5.41) is 0.662. The molecule has 0 aliphatic heterocycles. The third-order valence-electron chi connectivity index (χ3n) is 3.65. The Hall–Kier alpha value is -3.08. The predicted octanol–water partition coefficient (Wildman–Crippen LogP) is 3.65. The number of carbonyl (C=O) groups is 1. The van der Waals surface area contributed by atoms with Crippen molar-refractivity contribution in [3.63, 3.8) is 0 Å². The molecule has 0 fully saturated rings. The van der Waals surface area contributed by atoms with Crippen LogP contribution in [-0.4, -0.2) is 19.7 Å². The minimum absolute atomic E-state index is 0.0958. The minimum atomic E-state index is -0.701. The summed E-state index contributed by atoms with van der Waals surface area (Å²) < 4.78 is 15.3. The van der Waals surface area contributed by atoms with Gasteiger partial charge in [0.2, 0.25) is 0 Å². The maximum absolute atomic E-state index is 12.0. The van der Waals surface area contributed by atoms with Crippen molar-refractivity contribution in [1.82, 2.24) is 0 Å². The van der Waals surface area contributed by atoms with Crippen molar-refractivity contribution in [2.45, 2.75) is 6.92 Å². The molecule has 0 amide bonds. The first-order valence-electron chi connectivity index (χ1n) is 7.52. The maximum Gasteiger partial charge on any atom is 0.351 e. The number of hydrogen-bond donors (Lipinski definition) is 0. The lowest BCUT2D eigenvalue weighted by Crippen LogP contribution is -2.16. The summed E-state index contributed by atoms with van der Waals surface area (Å²) in [5.41, 5.74) is 1.49. The van der Waals surface area contributed by atoms with E-state index in [0.717, 1.165) is 16.9 Å². The molecule has 2 aromatic carbocycles. The van der Waals surface area contributed by atoms with Gasteiger partial charge in [-0.1, -0.05) is 24.3 Å². The zero-order chi connectivity index (χ0) is 17.1. The number of hydrogen-bond acceptors (Lipinski definition) is 5. The number of ether oxygens (including phenoxy) is 2. The maximum atomic E-state index is 12.0. The number of rotatable bonds is 4. The highest BCUT2D eigenvalue weighted by atomic mass is 16.5. The molecular formula is C19H16O5. The van der Waals surface area contributed by atoms with Gasteiger partial charge in [-0.3, -0.25) is 0 Å². The van der Waals surface area contributed by atoms with Crippen molar-refractivity contribution >= 4 is 16.9 Å². The monoisotopic (exact) mass is 324 g/mol. The van der Waals surface area contributed by atoms with Gasteiger partial charge in [-0.25, -0.2) is 9.59 Å². The average Bonchev–Trinajstić information content (AvgIpc) is 2.61. The Balaban J connectivity index is 2.03. The van der Waals surface area contributed by atoms with Crippen LogP contribution in [0.3, 0.4) is 0 Å². The molecule has 0 spiro atoms. The van der Waals surface area contributed by atoms with Crippen LogP contribution in [0.5, 0.6) is 5.75 Å². The molecule has 0 aliphatic rings. The van der Waals surface area contributed by atoms with Crippen LogP contribution in [0.1, 0.15) is 17.3 Å². The van der Waals surface area contributed by atoms with Gasteiger partial charge in [0, 0.05) is 5.39 Å². The van der Waals surface area contributed by atoms with Gasteiger partial charge in [0.15, 0.2) is 0 Å². The van der Waals surface area contributed by atoms with Gasteiger partial charge in [-0.15, -0.1) is 0 Å². The van der Waals surface area contributed by atoms with Gasteiger partial charge in [-0.05, 0) is 42.3 Å². The molecule has 122 valence electrons. The molecule has 0 atom stereocenters. The van der Waals surface area contributed by atoms with E-state index in [1.165, 1.54) is 6.07 Å². The van der Waals surface area contributed by atoms with Crippen LogP contribution in [0.4, 0.5) is 0 Å². The van der Waals surface area contributed by atoms with E-state index < -0.39 is 11.6 Å². The third-order valence-corrected chi connectivity index (χ3v) is 3.65. The van der Waals surface area contributed by atoms with E-state index in [4.69, 9.17) is 13.9 Å². The molecule has 0 unspecified atom stereocenters. The zero-order valence-corrected chi connectivity index (χ0v) is 13.4. The molecule has 1 heterocycles. The van der Waals surface area contributed by atoms with Crippen LogP contribution >= 0.6 is 0 Å². The molecule has 0 N–H and O–H groups in total. The Morgan fingerprint density at radius 2 is 1.75 bits per heavy atom. The van der Waals surface area contributed by atoms with E-state index in [2.05, 4.69) is 0 Å². The highest BCUT2D eigenvalue weighted by molar-refractivity contribution is 5.93. The van der Waals surface area contributed by atoms with Gasteiger partial charge in [0.25, 0.3) is 0 Å². The lowest BCUT2D eigenvalue weighted by molar-refractivity contribution is 0.0522. The van der Waals surface area contributed by atoms with E-state index in [1.807, 2.05) is 30.3 Å². The van der Waals surface area contributed by atoms with Gasteiger partial charge in [0.05, 0.1) is 13.7 Å². The van der Waals surface area contributed by atoms with Crippen LogP contribution in [-0.2, 0) is 4.74 Å². The molecule has 24 heavy (non-hydrogen) atoms. The molecule has 5 nitrogen and oxygen atoms in total. The van der Waals surface area contributed by atoms with E-state index in [-0.39, 0.29) is 12.2 Å². The van der Waals surface area contributed by atoms with E-state index in [1.54, 1.807) is 26.2 Å². The minimum Gasteiger partial charge on any atom is -0.497 e. The van der Waals surface area contributed by atoms with Crippen LogP contribution in [0.25, 0.3) is 22.1 Å². The first-order chi connectivity index (χ1) is 11.6. The summed E-state index contributed by atoms with van der Waals surface area (Å²) in [6.07, 6.45) is 0. The smallest absolute Gasteiger partial charge is 0.351 e. The SMILES string of the molecule is CCOC(=O)c1cc2ccc(-c3ccc(OC)cc3)cc2oc1=O. The molecule has 0 aliphatic carbocycles. The largest absolute Gasteiger partial charge is 0.497 e. The van der Waals surface area contributed by atoms with Crippen molar-refractivity contribution in [2.24, 2.45) is 0 Å². The first-order valence-corrected chi connectivity index (χ1v) is 7.52. The number of fused-ring (bicyclic) bond motifs is 1. The van der Waals surface area contributed by atoms with Crippen LogP contribution < -0.4 is 10.4 Å². The number of methoxy groups -OCH3 is 1. The predicted molar refractivity (Wildman–Crippen MR) is 90.4 cm³/mol. The molecule has 0 bridgehead atoms. The third kappa shape index (κ3) is 3.01. The lowest BCUT2D eigenvalue weighted by Gasteiger charge is -2.06. The van der Waals surface area contributed by atoms with Gasteiger partial charge in [-0.2, -0.15) is 0 Å². The molecule has 3 rings (SSSR count). The summed E-state index contributed by atoms with van der Waals surface area (Å²) >= 11 is 0. The Morgan fingerprint density at radius 3 is 2.42 bits per heavy atom. The number of carbonyl (C=O) groups excluding carboxylic acids is 1. The normalized spacial score (nSPS) is 10.6. The summed E-state index contributed by atoms with van der Waals surface area (Å²) in [4.78, 5) is 23.8. The Morgan fingerprint density at radius 1 is 1.04 bits per heavy atom. The second-order valence-corrected chi connectivity index (χ2v) is 5.15. The standard InChI is InChI=1S/C19H16O5/c1-3-23-18(20)16-10-14-5-4-13(11-17(14)24-19(16)21)12-6-8-15(22-2)9-7-12/h4-11H,3H2,1-2H3. The molecule has 0 saturated heterocycles. The summed E-state index contributed by atoms with van der Waals surface area (Å²) in [6, 6.07) is 14.5. The number of benzene rings is 2. The first kappa shape index (κ1) is 15.8. The van der Waals surface area contributed by atoms with Crippen LogP contribution in [0.15, 0.2) is 57.7 Å². The molecule has 0 radical (unpaired) electrons. The van der Waals surface area contributed by atoms with Crippen molar-refractivity contribution in [3.05, 3.63) is 64.5 Å². The average molecular weight is 324 g/mol. The number of esters is 1. The van der Waals surface area contributed by atoms with Gasteiger partial charge in [0.1, 0.15) is 16.9 Å². The molecule has 0 saturated carbocycles. The molecule has 5 heteroatoms.